The molecule has 0 radical (unpaired) electrons. The Kier molecular flexibility index (Phi) is 4.25. The van der Waals surface area contributed by atoms with Gasteiger partial charge in [-0.3, -0.25) is 0 Å². The van der Waals surface area contributed by atoms with Crippen molar-refractivity contribution in [3.8, 4) is 0 Å². The van der Waals surface area contributed by atoms with Crippen molar-refractivity contribution in [2.45, 2.75) is 25.4 Å². The molecule has 1 atom stereocenters. The molecule has 0 fully saturated rings. The highest BCUT2D eigenvalue weighted by Crippen LogP contribution is 2.30. The monoisotopic (exact) mass is 276 g/mol. The maximum atomic E-state index is 13.4. The lowest BCUT2D eigenvalue weighted by molar-refractivity contribution is 0.0368. The van der Waals surface area contributed by atoms with Crippen molar-refractivity contribution < 1.29 is 14.6 Å². The zero-order valence-corrected chi connectivity index (χ0v) is 10.1. The molecule has 1 unspecified atom stereocenters. The first-order valence-corrected chi connectivity index (χ1v) is 5.55. The smallest absolute Gasteiger partial charge is 0.129 e. The van der Waals surface area contributed by atoms with Crippen molar-refractivity contribution in [1.82, 2.24) is 0 Å². The number of hydrogen-bond donors (Lipinski definition) is 2. The summed E-state index contributed by atoms with van der Waals surface area (Å²) in [6.07, 6.45) is 0.774. The van der Waals surface area contributed by atoms with Gasteiger partial charge in [0.1, 0.15) is 5.82 Å². The highest BCUT2D eigenvalue weighted by atomic mass is 79.9. The maximum Gasteiger partial charge on any atom is 0.129 e. The van der Waals surface area contributed by atoms with E-state index in [0.717, 1.165) is 4.47 Å². The van der Waals surface area contributed by atoms with Gasteiger partial charge in [-0.25, -0.2) is 4.39 Å². The van der Waals surface area contributed by atoms with Crippen LogP contribution in [0.2, 0.25) is 0 Å². The number of aliphatic hydroxyl groups is 2. The fourth-order valence-electron chi connectivity index (χ4n) is 1.47. The van der Waals surface area contributed by atoms with E-state index in [4.69, 9.17) is 5.11 Å². The molecule has 0 aliphatic rings. The molecule has 0 saturated carbocycles. The van der Waals surface area contributed by atoms with E-state index < -0.39 is 11.4 Å². The van der Waals surface area contributed by atoms with Crippen molar-refractivity contribution in [3.05, 3.63) is 34.1 Å². The molecule has 2 N–H and O–H groups in total. The van der Waals surface area contributed by atoms with Gasteiger partial charge in [0.15, 0.2) is 0 Å². The first-order valence-electron chi connectivity index (χ1n) is 4.76. The Labute approximate surface area is 96.9 Å². The van der Waals surface area contributed by atoms with Gasteiger partial charge in [0, 0.05) is 16.6 Å². The molecule has 1 rings (SSSR count). The number of rotatable bonds is 4. The Morgan fingerprint density at radius 1 is 1.47 bits per heavy atom. The summed E-state index contributed by atoms with van der Waals surface area (Å²) in [5.74, 6) is -0.430. The third kappa shape index (κ3) is 3.26. The highest BCUT2D eigenvalue weighted by molar-refractivity contribution is 9.10. The lowest BCUT2D eigenvalue weighted by Gasteiger charge is -2.24. The van der Waals surface area contributed by atoms with E-state index in [1.807, 2.05) is 0 Å². The van der Waals surface area contributed by atoms with E-state index in [1.54, 1.807) is 19.1 Å². The van der Waals surface area contributed by atoms with E-state index in [9.17, 15) is 9.50 Å². The van der Waals surface area contributed by atoms with Crippen molar-refractivity contribution in [1.29, 1.82) is 0 Å². The van der Waals surface area contributed by atoms with Crippen LogP contribution in [0.1, 0.15) is 25.3 Å². The first kappa shape index (κ1) is 12.6. The normalized spacial score (nSPS) is 15.0. The maximum absolute atomic E-state index is 13.4. The molecule has 0 heterocycles. The number of benzene rings is 1. The number of halogens is 2. The van der Waals surface area contributed by atoms with Gasteiger partial charge < -0.3 is 10.2 Å². The molecule has 0 bridgehead atoms. The zero-order valence-electron chi connectivity index (χ0n) is 8.50. The molecule has 2 nitrogen and oxygen atoms in total. The first-order chi connectivity index (χ1) is 6.97. The quantitative estimate of drug-likeness (QED) is 0.888. The summed E-state index contributed by atoms with van der Waals surface area (Å²) in [7, 11) is 0. The van der Waals surface area contributed by atoms with Gasteiger partial charge in [0.2, 0.25) is 0 Å². The van der Waals surface area contributed by atoms with Crippen LogP contribution in [-0.4, -0.2) is 16.8 Å². The Balaban J connectivity index is 2.97. The fraction of sp³-hybridized carbons (Fsp3) is 0.455. The van der Waals surface area contributed by atoms with E-state index in [0.29, 0.717) is 12.8 Å². The highest BCUT2D eigenvalue weighted by Gasteiger charge is 2.26. The predicted molar refractivity (Wildman–Crippen MR) is 60.0 cm³/mol. The number of aliphatic hydroxyl groups excluding tert-OH is 1. The van der Waals surface area contributed by atoms with Crippen LogP contribution in [-0.2, 0) is 5.60 Å². The van der Waals surface area contributed by atoms with Crippen LogP contribution in [0.3, 0.4) is 0 Å². The van der Waals surface area contributed by atoms with Crippen LogP contribution in [0.4, 0.5) is 4.39 Å². The van der Waals surface area contributed by atoms with Crippen LogP contribution < -0.4 is 0 Å². The molecule has 0 aromatic heterocycles. The lowest BCUT2D eigenvalue weighted by Crippen LogP contribution is -2.23. The zero-order chi connectivity index (χ0) is 11.5. The second kappa shape index (κ2) is 5.05. The minimum atomic E-state index is -1.24. The molecule has 0 amide bonds. The van der Waals surface area contributed by atoms with Crippen molar-refractivity contribution >= 4 is 15.9 Å². The largest absolute Gasteiger partial charge is 0.396 e. The van der Waals surface area contributed by atoms with Crippen molar-refractivity contribution in [3.63, 3.8) is 0 Å². The Bertz CT molecular complexity index is 339. The Morgan fingerprint density at radius 2 is 2.13 bits per heavy atom. The average molecular weight is 277 g/mol. The SMILES string of the molecule is CC(O)(CCCO)c1cc(Br)ccc1F. The van der Waals surface area contributed by atoms with Crippen molar-refractivity contribution in [2.75, 3.05) is 6.61 Å². The topological polar surface area (TPSA) is 40.5 Å². The Morgan fingerprint density at radius 3 is 2.73 bits per heavy atom. The molecule has 4 heteroatoms. The molecule has 15 heavy (non-hydrogen) atoms. The summed E-state index contributed by atoms with van der Waals surface area (Å²) in [5, 5.41) is 18.7. The summed E-state index contributed by atoms with van der Waals surface area (Å²) < 4.78 is 14.2. The third-order valence-electron chi connectivity index (χ3n) is 2.33. The average Bonchev–Trinajstić information content (AvgIpc) is 2.18. The molecule has 1 aromatic carbocycles. The fourth-order valence-corrected chi connectivity index (χ4v) is 1.83. The molecular weight excluding hydrogens is 263 g/mol. The van der Waals surface area contributed by atoms with Gasteiger partial charge in [-0.2, -0.15) is 0 Å². The third-order valence-corrected chi connectivity index (χ3v) is 2.82. The van der Waals surface area contributed by atoms with E-state index in [2.05, 4.69) is 15.9 Å². The van der Waals surface area contributed by atoms with Gasteiger partial charge in [0.05, 0.1) is 5.60 Å². The van der Waals surface area contributed by atoms with Gasteiger partial charge in [0.25, 0.3) is 0 Å². The van der Waals surface area contributed by atoms with Crippen LogP contribution >= 0.6 is 15.9 Å². The summed E-state index contributed by atoms with van der Waals surface area (Å²) in [6, 6.07) is 4.46. The van der Waals surface area contributed by atoms with Gasteiger partial charge in [-0.05, 0) is 38.0 Å². The summed E-state index contributed by atoms with van der Waals surface area (Å²) >= 11 is 3.23. The number of hydrogen-bond acceptors (Lipinski definition) is 2. The van der Waals surface area contributed by atoms with Gasteiger partial charge in [-0.1, -0.05) is 15.9 Å². The van der Waals surface area contributed by atoms with Crippen LogP contribution in [0.25, 0.3) is 0 Å². The molecule has 84 valence electrons. The van der Waals surface area contributed by atoms with Crippen LogP contribution in [0, 0.1) is 5.82 Å². The van der Waals surface area contributed by atoms with Crippen LogP contribution in [0.15, 0.2) is 22.7 Å². The van der Waals surface area contributed by atoms with E-state index >= 15 is 0 Å². The standard InChI is InChI=1S/C11H14BrFO2/c1-11(15,5-2-6-14)9-7-8(12)3-4-10(9)13/h3-4,7,14-15H,2,5-6H2,1H3. The summed E-state index contributed by atoms with van der Waals surface area (Å²) in [4.78, 5) is 0. The van der Waals surface area contributed by atoms with Gasteiger partial charge in [-0.15, -0.1) is 0 Å². The summed E-state index contributed by atoms with van der Waals surface area (Å²) in [6.45, 7) is 1.54. The molecular formula is C11H14BrFO2. The van der Waals surface area contributed by atoms with Gasteiger partial charge >= 0.3 is 0 Å². The Hall–Kier alpha value is -0.450. The molecule has 0 spiro atoms. The molecule has 0 aliphatic heterocycles. The summed E-state index contributed by atoms with van der Waals surface area (Å²) in [5.41, 5.74) is -0.985. The molecule has 1 aromatic rings. The van der Waals surface area contributed by atoms with Crippen LogP contribution in [0.5, 0.6) is 0 Å². The molecule has 0 saturated heterocycles. The van der Waals surface area contributed by atoms with E-state index in [-0.39, 0.29) is 12.2 Å². The lowest BCUT2D eigenvalue weighted by atomic mass is 9.91. The minimum Gasteiger partial charge on any atom is -0.396 e. The van der Waals surface area contributed by atoms with E-state index in [1.165, 1.54) is 6.07 Å². The molecule has 0 aliphatic carbocycles. The predicted octanol–water partition coefficient (Wildman–Crippen LogP) is 2.57. The van der Waals surface area contributed by atoms with Crippen molar-refractivity contribution in [2.24, 2.45) is 0 Å². The second-order valence-electron chi connectivity index (χ2n) is 3.73. The second-order valence-corrected chi connectivity index (χ2v) is 4.64. The minimum absolute atomic E-state index is 0.00816.